The first-order valence-electron chi connectivity index (χ1n) is 11.6. The van der Waals surface area contributed by atoms with Crippen molar-refractivity contribution in [3.63, 3.8) is 0 Å². The number of ether oxygens (including phenoxy) is 1. The Labute approximate surface area is 192 Å². The number of fused-ring (bicyclic) bond motifs is 1. The molecule has 1 amide bonds. The van der Waals surface area contributed by atoms with E-state index in [1.807, 2.05) is 29.2 Å². The molecule has 1 unspecified atom stereocenters. The number of guanidine groups is 1. The van der Waals surface area contributed by atoms with E-state index >= 15 is 0 Å². The number of amides is 1. The number of carbonyl (C=O) groups excluding carboxylic acids is 1. The van der Waals surface area contributed by atoms with Gasteiger partial charge >= 0.3 is 0 Å². The quantitative estimate of drug-likeness (QED) is 0.339. The summed E-state index contributed by atoms with van der Waals surface area (Å²) in [6.07, 6.45) is 3.28. The fraction of sp³-hybridized carbons (Fsp3) is 0.462. The molecular formula is C26H36N4O2. The molecule has 0 bridgehead atoms. The predicted molar refractivity (Wildman–Crippen MR) is 130 cm³/mol. The Morgan fingerprint density at radius 3 is 2.47 bits per heavy atom. The van der Waals surface area contributed by atoms with E-state index in [9.17, 15) is 4.79 Å². The lowest BCUT2D eigenvalue weighted by Crippen LogP contribution is -2.39. The zero-order valence-corrected chi connectivity index (χ0v) is 19.3. The van der Waals surface area contributed by atoms with Gasteiger partial charge in [-0.25, -0.2) is 0 Å². The van der Waals surface area contributed by atoms with Crippen molar-refractivity contribution >= 4 is 11.9 Å². The summed E-state index contributed by atoms with van der Waals surface area (Å²) in [5, 5.41) is 6.61. The van der Waals surface area contributed by atoms with Gasteiger partial charge in [0.1, 0.15) is 0 Å². The average Bonchev–Trinajstić information content (AvgIpc) is 2.85. The number of hydrogen-bond donors (Lipinski definition) is 2. The number of rotatable bonds is 10. The molecule has 1 aliphatic rings. The topological polar surface area (TPSA) is 66.0 Å². The van der Waals surface area contributed by atoms with Crippen LogP contribution in [0.2, 0.25) is 0 Å². The molecule has 6 nitrogen and oxygen atoms in total. The van der Waals surface area contributed by atoms with Crippen molar-refractivity contribution < 1.29 is 9.53 Å². The van der Waals surface area contributed by atoms with Gasteiger partial charge in [-0.15, -0.1) is 0 Å². The van der Waals surface area contributed by atoms with Crippen LogP contribution in [-0.4, -0.2) is 50.1 Å². The van der Waals surface area contributed by atoms with Crippen LogP contribution in [0.15, 0.2) is 59.6 Å². The first kappa shape index (κ1) is 23.8. The third-order valence-electron chi connectivity index (χ3n) is 5.82. The molecule has 0 aliphatic carbocycles. The van der Waals surface area contributed by atoms with Crippen molar-refractivity contribution in [2.75, 3.05) is 33.3 Å². The van der Waals surface area contributed by atoms with E-state index in [1.165, 1.54) is 16.7 Å². The first-order chi connectivity index (χ1) is 15.7. The van der Waals surface area contributed by atoms with Crippen molar-refractivity contribution in [2.45, 2.75) is 45.3 Å². The van der Waals surface area contributed by atoms with Crippen molar-refractivity contribution in [1.82, 2.24) is 15.5 Å². The number of carbonyl (C=O) groups is 1. The van der Waals surface area contributed by atoms with Gasteiger partial charge in [0.05, 0.1) is 6.10 Å². The number of nitrogens with one attached hydrogen (secondary N) is 2. The molecule has 32 heavy (non-hydrogen) atoms. The molecule has 1 aliphatic heterocycles. The van der Waals surface area contributed by atoms with E-state index in [0.717, 1.165) is 51.4 Å². The normalized spacial score (nSPS) is 14.6. The zero-order chi connectivity index (χ0) is 22.6. The monoisotopic (exact) mass is 436 g/mol. The lowest BCUT2D eigenvalue weighted by atomic mass is 9.99. The van der Waals surface area contributed by atoms with E-state index in [1.54, 1.807) is 7.05 Å². The summed E-state index contributed by atoms with van der Waals surface area (Å²) in [5.41, 5.74) is 3.84. The summed E-state index contributed by atoms with van der Waals surface area (Å²) in [6, 6.07) is 18.7. The van der Waals surface area contributed by atoms with Crippen LogP contribution in [0.25, 0.3) is 0 Å². The molecule has 172 valence electrons. The second-order valence-corrected chi connectivity index (χ2v) is 8.14. The van der Waals surface area contributed by atoms with Crippen LogP contribution in [0.4, 0.5) is 0 Å². The minimum absolute atomic E-state index is 0.0968. The van der Waals surface area contributed by atoms with Crippen LogP contribution in [0.1, 0.15) is 49.0 Å². The lowest BCUT2D eigenvalue weighted by molar-refractivity contribution is -0.132. The van der Waals surface area contributed by atoms with Crippen LogP contribution < -0.4 is 10.6 Å². The highest BCUT2D eigenvalue weighted by molar-refractivity contribution is 5.80. The molecule has 2 aromatic carbocycles. The van der Waals surface area contributed by atoms with E-state index < -0.39 is 0 Å². The lowest BCUT2D eigenvalue weighted by Gasteiger charge is -2.29. The van der Waals surface area contributed by atoms with Crippen LogP contribution in [0.5, 0.6) is 0 Å². The highest BCUT2D eigenvalue weighted by atomic mass is 16.5. The van der Waals surface area contributed by atoms with Crippen LogP contribution >= 0.6 is 0 Å². The highest BCUT2D eigenvalue weighted by Gasteiger charge is 2.19. The molecule has 2 aromatic rings. The summed E-state index contributed by atoms with van der Waals surface area (Å²) in [5.74, 6) is 0.995. The number of aliphatic imine (C=N–C) groups is 1. The Kier molecular flexibility index (Phi) is 9.57. The maximum atomic E-state index is 12.6. The van der Waals surface area contributed by atoms with Gasteiger partial charge in [-0.3, -0.25) is 9.79 Å². The minimum Gasteiger partial charge on any atom is -0.374 e. The van der Waals surface area contributed by atoms with Gasteiger partial charge in [-0.1, -0.05) is 54.6 Å². The zero-order valence-electron chi connectivity index (χ0n) is 19.3. The summed E-state index contributed by atoms with van der Waals surface area (Å²) >= 11 is 0. The van der Waals surface area contributed by atoms with Crippen molar-refractivity contribution in [3.8, 4) is 0 Å². The van der Waals surface area contributed by atoms with Crippen molar-refractivity contribution in [3.05, 3.63) is 71.3 Å². The molecule has 0 saturated heterocycles. The molecule has 0 spiro atoms. The van der Waals surface area contributed by atoms with Crippen LogP contribution in [0, 0.1) is 0 Å². The first-order valence-corrected chi connectivity index (χ1v) is 11.6. The minimum atomic E-state index is 0.0968. The van der Waals surface area contributed by atoms with Gasteiger partial charge in [0.25, 0.3) is 0 Å². The van der Waals surface area contributed by atoms with Gasteiger partial charge in [-0.2, -0.15) is 0 Å². The molecular weight excluding hydrogens is 400 g/mol. The maximum absolute atomic E-state index is 12.6. The van der Waals surface area contributed by atoms with Gasteiger partial charge in [0.2, 0.25) is 5.91 Å². The molecule has 0 aromatic heterocycles. The summed E-state index contributed by atoms with van der Waals surface area (Å²) in [4.78, 5) is 18.8. The fourth-order valence-electron chi connectivity index (χ4n) is 3.89. The van der Waals surface area contributed by atoms with Gasteiger partial charge in [0.15, 0.2) is 5.96 Å². The smallest absolute Gasteiger partial charge is 0.222 e. The average molecular weight is 437 g/mol. The standard InChI is InChI=1S/C26H36N4O2/c1-21(22-10-4-3-5-11-22)32-19-9-17-29-26(27-2)28-16-8-14-25(31)30-18-15-23-12-6-7-13-24(23)20-30/h3-7,10-13,21H,8-9,14-20H2,1-2H3,(H2,27,28,29). The molecule has 2 N–H and O–H groups in total. The van der Waals surface area contributed by atoms with Gasteiger partial charge in [-0.05, 0) is 42.9 Å². The second-order valence-electron chi connectivity index (χ2n) is 8.14. The van der Waals surface area contributed by atoms with E-state index in [4.69, 9.17) is 4.74 Å². The van der Waals surface area contributed by atoms with Crippen molar-refractivity contribution in [1.29, 1.82) is 0 Å². The number of nitrogens with zero attached hydrogens (tertiary/aromatic N) is 2. The number of hydrogen-bond acceptors (Lipinski definition) is 3. The van der Waals surface area contributed by atoms with Crippen LogP contribution in [0.3, 0.4) is 0 Å². The molecule has 0 radical (unpaired) electrons. The molecule has 6 heteroatoms. The third kappa shape index (κ3) is 7.38. The molecule has 0 fully saturated rings. The Morgan fingerprint density at radius 1 is 1.03 bits per heavy atom. The van der Waals surface area contributed by atoms with Crippen molar-refractivity contribution in [2.24, 2.45) is 4.99 Å². The second kappa shape index (κ2) is 12.9. The van der Waals surface area contributed by atoms with E-state index in [-0.39, 0.29) is 12.0 Å². The Bertz CT molecular complexity index is 869. The predicted octanol–water partition coefficient (Wildman–Crippen LogP) is 3.68. The van der Waals surface area contributed by atoms with Gasteiger partial charge < -0.3 is 20.3 Å². The summed E-state index contributed by atoms with van der Waals surface area (Å²) in [7, 11) is 1.76. The Hall–Kier alpha value is -2.86. The highest BCUT2D eigenvalue weighted by Crippen LogP contribution is 2.19. The molecule has 0 saturated carbocycles. The molecule has 3 rings (SSSR count). The van der Waals surface area contributed by atoms with Crippen LogP contribution in [-0.2, 0) is 22.5 Å². The Balaban J connectivity index is 1.25. The third-order valence-corrected chi connectivity index (χ3v) is 5.82. The maximum Gasteiger partial charge on any atom is 0.222 e. The SMILES string of the molecule is CN=C(NCCCOC(C)c1ccccc1)NCCCC(=O)N1CCc2ccccc2C1. The number of benzene rings is 2. The summed E-state index contributed by atoms with van der Waals surface area (Å²) in [6.45, 7) is 5.82. The fourth-order valence-corrected chi connectivity index (χ4v) is 3.89. The Morgan fingerprint density at radius 2 is 1.72 bits per heavy atom. The van der Waals surface area contributed by atoms with E-state index in [2.05, 4.69) is 52.9 Å². The van der Waals surface area contributed by atoms with Gasteiger partial charge in [0, 0.05) is 46.3 Å². The summed E-state index contributed by atoms with van der Waals surface area (Å²) < 4.78 is 5.91. The largest absolute Gasteiger partial charge is 0.374 e. The molecule has 1 heterocycles. The van der Waals surface area contributed by atoms with E-state index in [0.29, 0.717) is 13.0 Å². The molecule has 1 atom stereocenters.